The molecule has 4 bridgehead atoms. The third kappa shape index (κ3) is 2.93. The van der Waals surface area contributed by atoms with E-state index in [0.29, 0.717) is 12.1 Å². The summed E-state index contributed by atoms with van der Waals surface area (Å²) in [6, 6.07) is 11.8. The van der Waals surface area contributed by atoms with Gasteiger partial charge in [-0.05, 0) is 43.0 Å². The molecule has 2 aliphatic rings. The van der Waals surface area contributed by atoms with Gasteiger partial charge in [0.2, 0.25) is 0 Å². The summed E-state index contributed by atoms with van der Waals surface area (Å²) in [7, 11) is 0. The maximum Gasteiger partial charge on any atom is 0.165 e. The van der Waals surface area contributed by atoms with Crippen molar-refractivity contribution in [1.29, 1.82) is 0 Å². The molecule has 3 aromatic rings. The minimum Gasteiger partial charge on any atom is -0.385 e. The van der Waals surface area contributed by atoms with Gasteiger partial charge < -0.3 is 16.0 Å². The van der Waals surface area contributed by atoms with E-state index in [9.17, 15) is 0 Å². The average molecular weight is 334 g/mol. The number of nitrogens with one attached hydrogen (secondary N) is 3. The van der Waals surface area contributed by atoms with Crippen molar-refractivity contribution in [3.05, 3.63) is 42.7 Å². The van der Waals surface area contributed by atoms with Gasteiger partial charge >= 0.3 is 0 Å². The normalized spacial score (nSPS) is 22.9. The van der Waals surface area contributed by atoms with Crippen LogP contribution in [0.2, 0.25) is 0 Å². The second-order valence-electron chi connectivity index (χ2n) is 6.88. The van der Waals surface area contributed by atoms with Crippen LogP contribution in [0.15, 0.2) is 42.7 Å². The standard InChI is InChI=1S/C19H22N6/c1-3-13-11-14(4-1)20-9-6-17-16(23-17)5-2-8-21-18-7-10-25-19(24-18)15(13)12-22-25/h1,3-4,7,10-12,16-17,20,23H,2,5-6,8-9H2,(H,21,24). The molecule has 2 aliphatic heterocycles. The highest BCUT2D eigenvalue weighted by Crippen LogP contribution is 2.27. The van der Waals surface area contributed by atoms with Gasteiger partial charge in [-0.25, -0.2) is 9.50 Å². The fourth-order valence-electron chi connectivity index (χ4n) is 3.67. The van der Waals surface area contributed by atoms with Crippen LogP contribution < -0.4 is 16.0 Å². The molecule has 0 saturated carbocycles. The lowest BCUT2D eigenvalue weighted by Gasteiger charge is -2.09. The minimum atomic E-state index is 0.667. The average Bonchev–Trinajstić information content (AvgIpc) is 3.24. The Morgan fingerprint density at radius 2 is 2.00 bits per heavy atom. The van der Waals surface area contributed by atoms with E-state index in [0.717, 1.165) is 47.8 Å². The molecular weight excluding hydrogens is 312 g/mol. The van der Waals surface area contributed by atoms with Gasteiger partial charge in [-0.1, -0.05) is 12.1 Å². The molecule has 0 aliphatic carbocycles. The van der Waals surface area contributed by atoms with Crippen LogP contribution in [-0.2, 0) is 0 Å². The van der Waals surface area contributed by atoms with Gasteiger partial charge in [-0.3, -0.25) is 0 Å². The molecule has 0 spiro atoms. The molecule has 1 saturated heterocycles. The molecule has 2 aromatic heterocycles. The molecule has 128 valence electrons. The Balaban J connectivity index is 1.53. The number of anilines is 2. The lowest BCUT2D eigenvalue weighted by atomic mass is 10.1. The molecule has 2 unspecified atom stereocenters. The van der Waals surface area contributed by atoms with Crippen LogP contribution in [0.1, 0.15) is 19.3 Å². The molecule has 0 radical (unpaired) electrons. The molecule has 1 fully saturated rings. The lowest BCUT2D eigenvalue weighted by Crippen LogP contribution is -2.08. The Kier molecular flexibility index (Phi) is 3.56. The zero-order valence-corrected chi connectivity index (χ0v) is 14.1. The maximum absolute atomic E-state index is 4.78. The highest BCUT2D eigenvalue weighted by Gasteiger charge is 2.34. The quantitative estimate of drug-likeness (QED) is 0.551. The van der Waals surface area contributed by atoms with E-state index < -0.39 is 0 Å². The molecule has 0 amide bonds. The Bertz CT molecular complexity index is 902. The first-order valence-corrected chi connectivity index (χ1v) is 9.05. The predicted molar refractivity (Wildman–Crippen MR) is 100.0 cm³/mol. The van der Waals surface area contributed by atoms with Crippen molar-refractivity contribution in [2.45, 2.75) is 31.3 Å². The van der Waals surface area contributed by atoms with E-state index >= 15 is 0 Å². The first kappa shape index (κ1) is 14.7. The Morgan fingerprint density at radius 3 is 3.00 bits per heavy atom. The van der Waals surface area contributed by atoms with Crippen LogP contribution in [-0.4, -0.2) is 39.8 Å². The SMILES string of the molecule is c1cc2cc(c1)-c1cnn3ccc(nc13)NCCCC1NC1CCN2. The van der Waals surface area contributed by atoms with Crippen LogP contribution in [0.3, 0.4) is 0 Å². The zero-order valence-electron chi connectivity index (χ0n) is 14.1. The second kappa shape index (κ2) is 6.04. The molecule has 2 atom stereocenters. The summed E-state index contributed by atoms with van der Waals surface area (Å²) in [5.41, 5.74) is 4.23. The van der Waals surface area contributed by atoms with E-state index in [1.807, 2.05) is 23.0 Å². The van der Waals surface area contributed by atoms with Crippen LogP contribution in [0.25, 0.3) is 16.8 Å². The topological polar surface area (TPSA) is 76.2 Å². The Hall–Kier alpha value is -2.60. The van der Waals surface area contributed by atoms with Gasteiger partial charge in [-0.15, -0.1) is 0 Å². The van der Waals surface area contributed by atoms with Crippen molar-refractivity contribution in [3.63, 3.8) is 0 Å². The summed E-state index contributed by atoms with van der Waals surface area (Å²) in [4.78, 5) is 4.78. The third-order valence-electron chi connectivity index (χ3n) is 5.13. The predicted octanol–water partition coefficient (Wildman–Crippen LogP) is 2.74. The summed E-state index contributed by atoms with van der Waals surface area (Å²) >= 11 is 0. The summed E-state index contributed by atoms with van der Waals surface area (Å²) < 4.78 is 1.84. The largest absolute Gasteiger partial charge is 0.385 e. The number of benzene rings is 1. The number of aromatic nitrogens is 3. The van der Waals surface area contributed by atoms with E-state index in [-0.39, 0.29) is 0 Å². The first-order valence-electron chi connectivity index (χ1n) is 9.05. The maximum atomic E-state index is 4.78. The summed E-state index contributed by atoms with van der Waals surface area (Å²) in [5, 5.41) is 15.0. The smallest absolute Gasteiger partial charge is 0.165 e. The fourth-order valence-corrected chi connectivity index (χ4v) is 3.67. The number of hydrogen-bond donors (Lipinski definition) is 3. The number of hydrogen-bond acceptors (Lipinski definition) is 5. The van der Waals surface area contributed by atoms with E-state index in [4.69, 9.17) is 4.98 Å². The molecule has 5 rings (SSSR count). The molecular formula is C19H22N6. The van der Waals surface area contributed by atoms with Crippen molar-refractivity contribution in [2.75, 3.05) is 23.7 Å². The molecule has 6 nitrogen and oxygen atoms in total. The summed E-state index contributed by atoms with van der Waals surface area (Å²) in [5.74, 6) is 0.913. The molecule has 3 N–H and O–H groups in total. The highest BCUT2D eigenvalue weighted by atomic mass is 15.2. The summed E-state index contributed by atoms with van der Waals surface area (Å²) in [6.45, 7) is 1.94. The first-order chi connectivity index (χ1) is 12.4. The van der Waals surface area contributed by atoms with Gasteiger partial charge in [0.1, 0.15) is 5.82 Å². The van der Waals surface area contributed by atoms with E-state index in [2.05, 4.69) is 45.3 Å². The van der Waals surface area contributed by atoms with Gasteiger partial charge in [-0.2, -0.15) is 5.10 Å². The molecule has 4 heterocycles. The van der Waals surface area contributed by atoms with Gasteiger partial charge in [0.25, 0.3) is 0 Å². The van der Waals surface area contributed by atoms with Gasteiger partial charge in [0.05, 0.1) is 6.20 Å². The number of fused-ring (bicyclic) bond motifs is 5. The minimum absolute atomic E-state index is 0.667. The molecule has 6 heteroatoms. The number of nitrogens with zero attached hydrogens (tertiary/aromatic N) is 3. The van der Waals surface area contributed by atoms with Crippen LogP contribution in [0, 0.1) is 0 Å². The van der Waals surface area contributed by atoms with Crippen molar-refractivity contribution in [3.8, 4) is 11.1 Å². The Labute approximate surface area is 146 Å². The van der Waals surface area contributed by atoms with Gasteiger partial charge in [0, 0.05) is 42.6 Å². The molecule has 1 aromatic carbocycles. The summed E-state index contributed by atoms with van der Waals surface area (Å²) in [6.07, 6.45) is 7.40. The number of rotatable bonds is 0. The van der Waals surface area contributed by atoms with Crippen LogP contribution in [0.4, 0.5) is 11.5 Å². The van der Waals surface area contributed by atoms with Crippen LogP contribution >= 0.6 is 0 Å². The fraction of sp³-hybridized carbons (Fsp3) is 0.368. The van der Waals surface area contributed by atoms with Gasteiger partial charge in [0.15, 0.2) is 5.65 Å². The zero-order chi connectivity index (χ0) is 16.6. The second-order valence-corrected chi connectivity index (χ2v) is 6.88. The monoisotopic (exact) mass is 334 g/mol. The van der Waals surface area contributed by atoms with E-state index in [1.54, 1.807) is 0 Å². The van der Waals surface area contributed by atoms with Crippen molar-refractivity contribution < 1.29 is 0 Å². The Morgan fingerprint density at radius 1 is 1.04 bits per heavy atom. The third-order valence-corrected chi connectivity index (χ3v) is 5.13. The van der Waals surface area contributed by atoms with Crippen molar-refractivity contribution in [2.24, 2.45) is 0 Å². The van der Waals surface area contributed by atoms with E-state index in [1.165, 1.54) is 12.8 Å². The van der Waals surface area contributed by atoms with Crippen molar-refractivity contribution >= 4 is 17.2 Å². The van der Waals surface area contributed by atoms with Crippen molar-refractivity contribution in [1.82, 2.24) is 19.9 Å². The molecule has 25 heavy (non-hydrogen) atoms. The van der Waals surface area contributed by atoms with Crippen LogP contribution in [0.5, 0.6) is 0 Å². The highest BCUT2D eigenvalue weighted by molar-refractivity contribution is 5.79. The lowest BCUT2D eigenvalue weighted by molar-refractivity contribution is 0.715.